The average Bonchev–Trinajstić information content (AvgIpc) is 2.31. The van der Waals surface area contributed by atoms with Crippen LogP contribution < -0.4 is 0 Å². The quantitative estimate of drug-likeness (QED) is 0.904. The fourth-order valence-corrected chi connectivity index (χ4v) is 1.97. The Labute approximate surface area is 121 Å². The molecule has 0 saturated carbocycles. The molecule has 1 rings (SSSR count). The molecular weight excluding hydrogens is 310 g/mol. The van der Waals surface area contributed by atoms with Crippen molar-refractivity contribution < 1.29 is 14.7 Å². The summed E-state index contributed by atoms with van der Waals surface area (Å²) in [6.45, 7) is 3.56. The van der Waals surface area contributed by atoms with Gasteiger partial charge >= 0.3 is 5.97 Å². The van der Waals surface area contributed by atoms with E-state index in [1.54, 1.807) is 25.8 Å². The minimum Gasteiger partial charge on any atom is -0.481 e. The Bertz CT molecular complexity index is 485. The molecule has 0 aliphatic heterocycles. The van der Waals surface area contributed by atoms with Gasteiger partial charge in [-0.3, -0.25) is 9.59 Å². The van der Waals surface area contributed by atoms with Crippen LogP contribution in [0.1, 0.15) is 25.8 Å². The maximum Gasteiger partial charge on any atom is 0.309 e. The third-order valence-electron chi connectivity index (χ3n) is 2.96. The number of carboxylic acids is 1. The third kappa shape index (κ3) is 4.35. The highest BCUT2D eigenvalue weighted by Crippen LogP contribution is 2.23. The monoisotopic (exact) mass is 327 g/mol. The number of hydrogen-bond acceptors (Lipinski definition) is 2. The van der Waals surface area contributed by atoms with Crippen LogP contribution in [0, 0.1) is 5.41 Å². The number of halogens is 1. The molecule has 0 saturated heterocycles. The van der Waals surface area contributed by atoms with E-state index in [4.69, 9.17) is 5.11 Å². The van der Waals surface area contributed by atoms with Gasteiger partial charge in [0.25, 0.3) is 0 Å². The molecule has 1 N–H and O–H groups in total. The molecule has 0 fully saturated rings. The van der Waals surface area contributed by atoms with Gasteiger partial charge in [-0.05, 0) is 25.5 Å². The predicted molar refractivity (Wildman–Crippen MR) is 76.6 cm³/mol. The van der Waals surface area contributed by atoms with E-state index in [-0.39, 0.29) is 12.3 Å². The molecular formula is C14H18BrNO3. The van der Waals surface area contributed by atoms with Crippen molar-refractivity contribution in [1.29, 1.82) is 0 Å². The molecule has 0 aromatic heterocycles. The summed E-state index contributed by atoms with van der Waals surface area (Å²) in [5, 5.41) is 9.03. The normalized spacial score (nSPS) is 11.2. The molecule has 1 aromatic rings. The summed E-state index contributed by atoms with van der Waals surface area (Å²) in [6.07, 6.45) is -0.0106. The van der Waals surface area contributed by atoms with Crippen molar-refractivity contribution in [2.75, 3.05) is 7.05 Å². The zero-order chi connectivity index (χ0) is 14.6. The molecule has 0 unspecified atom stereocenters. The smallest absolute Gasteiger partial charge is 0.309 e. The van der Waals surface area contributed by atoms with Gasteiger partial charge in [0.05, 0.1) is 5.41 Å². The average molecular weight is 328 g/mol. The summed E-state index contributed by atoms with van der Waals surface area (Å²) in [5.41, 5.74) is -0.0503. The Morgan fingerprint density at radius 2 is 1.89 bits per heavy atom. The number of benzene rings is 1. The van der Waals surface area contributed by atoms with E-state index >= 15 is 0 Å². The maximum absolute atomic E-state index is 12.0. The zero-order valence-corrected chi connectivity index (χ0v) is 12.9. The van der Waals surface area contributed by atoms with E-state index in [0.29, 0.717) is 6.54 Å². The van der Waals surface area contributed by atoms with Gasteiger partial charge in [0.1, 0.15) is 0 Å². The van der Waals surface area contributed by atoms with Crippen LogP contribution in [0.25, 0.3) is 0 Å². The second kappa shape index (κ2) is 6.19. The second-order valence-corrected chi connectivity index (χ2v) is 6.06. The highest BCUT2D eigenvalue weighted by Gasteiger charge is 2.31. The van der Waals surface area contributed by atoms with Crippen molar-refractivity contribution in [3.8, 4) is 0 Å². The van der Waals surface area contributed by atoms with E-state index < -0.39 is 11.4 Å². The molecule has 0 atom stereocenters. The molecule has 1 aromatic carbocycles. The number of carbonyl (C=O) groups excluding carboxylic acids is 1. The Morgan fingerprint density at radius 1 is 1.32 bits per heavy atom. The lowest BCUT2D eigenvalue weighted by Crippen LogP contribution is -2.34. The van der Waals surface area contributed by atoms with Gasteiger partial charge in [-0.15, -0.1) is 0 Å². The number of nitrogens with zero attached hydrogens (tertiary/aromatic N) is 1. The van der Waals surface area contributed by atoms with Gasteiger partial charge < -0.3 is 10.0 Å². The molecule has 19 heavy (non-hydrogen) atoms. The Kier molecular flexibility index (Phi) is 5.11. The Balaban J connectivity index is 2.69. The minimum atomic E-state index is -1.04. The van der Waals surface area contributed by atoms with Crippen molar-refractivity contribution in [3.63, 3.8) is 0 Å². The Hall–Kier alpha value is -1.36. The first kappa shape index (κ1) is 15.7. The number of carboxylic acid groups (broad SMARTS) is 1. The van der Waals surface area contributed by atoms with Crippen LogP contribution in [-0.4, -0.2) is 28.9 Å². The first-order valence-corrected chi connectivity index (χ1v) is 6.74. The molecule has 5 heteroatoms. The van der Waals surface area contributed by atoms with E-state index in [1.165, 1.54) is 0 Å². The first-order chi connectivity index (χ1) is 8.74. The van der Waals surface area contributed by atoms with E-state index in [0.717, 1.165) is 10.0 Å². The van der Waals surface area contributed by atoms with Crippen molar-refractivity contribution in [1.82, 2.24) is 4.90 Å². The Morgan fingerprint density at radius 3 is 2.42 bits per heavy atom. The summed E-state index contributed by atoms with van der Waals surface area (Å²) in [4.78, 5) is 24.6. The summed E-state index contributed by atoms with van der Waals surface area (Å²) in [6, 6.07) is 7.65. The molecule has 4 nitrogen and oxygen atoms in total. The van der Waals surface area contributed by atoms with Gasteiger partial charge in [-0.25, -0.2) is 0 Å². The van der Waals surface area contributed by atoms with Gasteiger partial charge in [-0.1, -0.05) is 34.1 Å². The third-order valence-corrected chi connectivity index (χ3v) is 3.74. The number of hydrogen-bond donors (Lipinski definition) is 1. The molecule has 0 aliphatic carbocycles. The summed E-state index contributed by atoms with van der Waals surface area (Å²) >= 11 is 3.43. The lowest BCUT2D eigenvalue weighted by atomic mass is 9.89. The van der Waals surface area contributed by atoms with Gasteiger partial charge in [0.2, 0.25) is 5.91 Å². The van der Waals surface area contributed by atoms with Crippen molar-refractivity contribution in [2.24, 2.45) is 5.41 Å². The fourth-order valence-electron chi connectivity index (χ4n) is 1.56. The maximum atomic E-state index is 12.0. The van der Waals surface area contributed by atoms with Crippen molar-refractivity contribution >= 4 is 27.8 Å². The standard InChI is InChI=1S/C14H18BrNO3/c1-14(2,13(18)19)8-12(17)16(3)9-10-6-4-5-7-11(10)15/h4-7H,8-9H2,1-3H3,(H,18,19). The molecule has 0 aliphatic rings. The van der Waals surface area contributed by atoms with Crippen LogP contribution in [0.5, 0.6) is 0 Å². The molecule has 104 valence electrons. The SMILES string of the molecule is CN(Cc1ccccc1Br)C(=O)CC(C)(C)C(=O)O. The number of rotatable bonds is 5. The number of aliphatic carboxylic acids is 1. The van der Waals surface area contributed by atoms with E-state index in [1.807, 2.05) is 24.3 Å². The lowest BCUT2D eigenvalue weighted by molar-refractivity contribution is -0.151. The van der Waals surface area contributed by atoms with Crippen molar-refractivity contribution in [2.45, 2.75) is 26.8 Å². The second-order valence-electron chi connectivity index (χ2n) is 5.21. The van der Waals surface area contributed by atoms with E-state index in [2.05, 4.69) is 15.9 Å². The molecule has 0 spiro atoms. The highest BCUT2D eigenvalue weighted by molar-refractivity contribution is 9.10. The number of carbonyl (C=O) groups is 2. The largest absolute Gasteiger partial charge is 0.481 e. The predicted octanol–water partition coefficient (Wildman–Crippen LogP) is 2.91. The van der Waals surface area contributed by atoms with Gasteiger partial charge in [-0.2, -0.15) is 0 Å². The first-order valence-electron chi connectivity index (χ1n) is 5.95. The summed E-state index contributed by atoms with van der Waals surface area (Å²) in [5.74, 6) is -1.14. The van der Waals surface area contributed by atoms with Crippen LogP contribution >= 0.6 is 15.9 Å². The molecule has 0 bridgehead atoms. The minimum absolute atomic E-state index is 0.0106. The zero-order valence-electron chi connectivity index (χ0n) is 11.3. The summed E-state index contributed by atoms with van der Waals surface area (Å²) < 4.78 is 0.937. The topological polar surface area (TPSA) is 57.6 Å². The molecule has 0 heterocycles. The van der Waals surface area contributed by atoms with Crippen LogP contribution in [0.15, 0.2) is 28.7 Å². The highest BCUT2D eigenvalue weighted by atomic mass is 79.9. The fraction of sp³-hybridized carbons (Fsp3) is 0.429. The summed E-state index contributed by atoms with van der Waals surface area (Å²) in [7, 11) is 1.68. The van der Waals surface area contributed by atoms with Gasteiger partial charge in [0.15, 0.2) is 0 Å². The van der Waals surface area contributed by atoms with Crippen molar-refractivity contribution in [3.05, 3.63) is 34.3 Å². The van der Waals surface area contributed by atoms with Crippen LogP contribution in [0.2, 0.25) is 0 Å². The van der Waals surface area contributed by atoms with Gasteiger partial charge in [0, 0.05) is 24.5 Å². The van der Waals surface area contributed by atoms with Crippen LogP contribution in [-0.2, 0) is 16.1 Å². The van der Waals surface area contributed by atoms with Crippen LogP contribution in [0.4, 0.5) is 0 Å². The van der Waals surface area contributed by atoms with Crippen LogP contribution in [0.3, 0.4) is 0 Å². The lowest BCUT2D eigenvalue weighted by Gasteiger charge is -2.23. The number of amides is 1. The molecule has 1 amide bonds. The molecule has 0 radical (unpaired) electrons. The van der Waals surface area contributed by atoms with E-state index in [9.17, 15) is 9.59 Å².